The average molecular weight is 263 g/mol. The molecule has 1 aliphatic rings. The Kier molecular flexibility index (Phi) is 4.58. The van der Waals surface area contributed by atoms with Gasteiger partial charge in [0.05, 0.1) is 0 Å². The van der Waals surface area contributed by atoms with Gasteiger partial charge in [-0.05, 0) is 40.2 Å². The van der Waals surface area contributed by atoms with Crippen molar-refractivity contribution >= 4 is 11.6 Å². The second-order valence-electron chi connectivity index (χ2n) is 6.19. The molecular weight excluding hydrogens is 238 g/mol. The van der Waals surface area contributed by atoms with E-state index in [9.17, 15) is 0 Å². The van der Waals surface area contributed by atoms with Crippen molar-refractivity contribution in [2.24, 2.45) is 0 Å². The first-order valence-electron chi connectivity index (χ1n) is 7.10. The highest BCUT2D eigenvalue weighted by molar-refractivity contribution is 5.47. The SMILES string of the molecule is CC(C)(C)Nc1cc(NCC2CCCCN2)ncn1. The molecule has 2 rings (SSSR count). The van der Waals surface area contributed by atoms with Crippen LogP contribution < -0.4 is 16.0 Å². The molecule has 0 amide bonds. The molecule has 1 aliphatic heterocycles. The smallest absolute Gasteiger partial charge is 0.131 e. The minimum absolute atomic E-state index is 0.0105. The first kappa shape index (κ1) is 14.1. The monoisotopic (exact) mass is 263 g/mol. The van der Waals surface area contributed by atoms with E-state index in [4.69, 9.17) is 0 Å². The van der Waals surface area contributed by atoms with Crippen molar-refractivity contribution in [1.29, 1.82) is 0 Å². The van der Waals surface area contributed by atoms with E-state index in [1.54, 1.807) is 6.33 Å². The van der Waals surface area contributed by atoms with Gasteiger partial charge in [-0.3, -0.25) is 0 Å². The zero-order valence-corrected chi connectivity index (χ0v) is 12.2. The molecule has 0 radical (unpaired) electrons. The number of hydrogen-bond acceptors (Lipinski definition) is 5. The minimum Gasteiger partial charge on any atom is -0.368 e. The van der Waals surface area contributed by atoms with Gasteiger partial charge in [-0.1, -0.05) is 6.42 Å². The maximum Gasteiger partial charge on any atom is 0.131 e. The van der Waals surface area contributed by atoms with Crippen molar-refractivity contribution in [1.82, 2.24) is 15.3 Å². The summed E-state index contributed by atoms with van der Waals surface area (Å²) >= 11 is 0. The molecule has 106 valence electrons. The van der Waals surface area contributed by atoms with Gasteiger partial charge in [0, 0.05) is 24.2 Å². The Labute approximate surface area is 115 Å². The van der Waals surface area contributed by atoms with E-state index in [2.05, 4.69) is 46.7 Å². The topological polar surface area (TPSA) is 61.9 Å². The van der Waals surface area contributed by atoms with Crippen LogP contribution in [0.3, 0.4) is 0 Å². The Morgan fingerprint density at radius 2 is 2.05 bits per heavy atom. The summed E-state index contributed by atoms with van der Waals surface area (Å²) < 4.78 is 0. The first-order chi connectivity index (χ1) is 9.03. The highest BCUT2D eigenvalue weighted by Crippen LogP contribution is 2.15. The predicted octanol–water partition coefficient (Wildman–Crippen LogP) is 2.24. The van der Waals surface area contributed by atoms with Crippen LogP contribution in [0, 0.1) is 0 Å². The quantitative estimate of drug-likeness (QED) is 0.777. The van der Waals surface area contributed by atoms with Crippen LogP contribution in [0.25, 0.3) is 0 Å². The Balaban J connectivity index is 1.87. The van der Waals surface area contributed by atoms with Crippen LogP contribution in [-0.2, 0) is 0 Å². The summed E-state index contributed by atoms with van der Waals surface area (Å²) in [6.07, 6.45) is 5.46. The summed E-state index contributed by atoms with van der Waals surface area (Å²) in [7, 11) is 0. The lowest BCUT2D eigenvalue weighted by Gasteiger charge is -2.24. The van der Waals surface area contributed by atoms with Gasteiger partial charge >= 0.3 is 0 Å². The van der Waals surface area contributed by atoms with Crippen molar-refractivity contribution in [3.63, 3.8) is 0 Å². The van der Waals surface area contributed by atoms with Crippen LogP contribution in [0.5, 0.6) is 0 Å². The standard InChI is InChI=1S/C14H25N5/c1-14(2,3)19-13-8-12(17-10-18-13)16-9-11-6-4-5-7-15-11/h8,10-11,15H,4-7,9H2,1-3H3,(H2,16,17,18,19). The molecule has 0 saturated carbocycles. The fourth-order valence-electron chi connectivity index (χ4n) is 2.23. The molecule has 2 heterocycles. The van der Waals surface area contributed by atoms with Crippen LogP contribution in [0.2, 0.25) is 0 Å². The van der Waals surface area contributed by atoms with Crippen molar-refractivity contribution in [2.75, 3.05) is 23.7 Å². The molecular formula is C14H25N5. The van der Waals surface area contributed by atoms with Crippen LogP contribution >= 0.6 is 0 Å². The molecule has 0 aromatic carbocycles. The van der Waals surface area contributed by atoms with Gasteiger partial charge in [0.2, 0.25) is 0 Å². The van der Waals surface area contributed by atoms with Gasteiger partial charge in [-0.25, -0.2) is 9.97 Å². The van der Waals surface area contributed by atoms with Gasteiger partial charge in [0.15, 0.2) is 0 Å². The fourth-order valence-corrected chi connectivity index (χ4v) is 2.23. The van der Waals surface area contributed by atoms with E-state index in [1.165, 1.54) is 19.3 Å². The number of piperidine rings is 1. The molecule has 1 saturated heterocycles. The van der Waals surface area contributed by atoms with Gasteiger partial charge in [-0.15, -0.1) is 0 Å². The molecule has 5 nitrogen and oxygen atoms in total. The Bertz CT molecular complexity index is 393. The van der Waals surface area contributed by atoms with Crippen LogP contribution in [0.1, 0.15) is 40.0 Å². The normalized spacial score (nSPS) is 20.1. The third-order valence-corrected chi connectivity index (χ3v) is 3.11. The number of hydrogen-bond donors (Lipinski definition) is 3. The largest absolute Gasteiger partial charge is 0.368 e. The number of nitrogens with zero attached hydrogens (tertiary/aromatic N) is 2. The van der Waals surface area contributed by atoms with Crippen LogP contribution in [-0.4, -0.2) is 34.6 Å². The predicted molar refractivity (Wildman–Crippen MR) is 79.5 cm³/mol. The molecule has 0 bridgehead atoms. The zero-order chi connectivity index (χ0) is 13.7. The summed E-state index contributed by atoms with van der Waals surface area (Å²) in [6, 6.07) is 2.52. The molecule has 5 heteroatoms. The highest BCUT2D eigenvalue weighted by atomic mass is 15.1. The summed E-state index contributed by atoms with van der Waals surface area (Å²) in [5.74, 6) is 1.75. The highest BCUT2D eigenvalue weighted by Gasteiger charge is 2.13. The van der Waals surface area contributed by atoms with Crippen LogP contribution in [0.4, 0.5) is 11.6 Å². The zero-order valence-electron chi connectivity index (χ0n) is 12.2. The summed E-state index contributed by atoms with van der Waals surface area (Å²) in [6.45, 7) is 8.41. The van der Waals surface area contributed by atoms with Crippen molar-refractivity contribution in [3.8, 4) is 0 Å². The average Bonchev–Trinajstić information content (AvgIpc) is 2.36. The molecule has 3 N–H and O–H groups in total. The summed E-state index contributed by atoms with van der Waals surface area (Å²) in [5.41, 5.74) is 0.0105. The molecule has 0 aliphatic carbocycles. The molecule has 19 heavy (non-hydrogen) atoms. The molecule has 1 aromatic rings. The third-order valence-electron chi connectivity index (χ3n) is 3.11. The second-order valence-corrected chi connectivity index (χ2v) is 6.19. The van der Waals surface area contributed by atoms with Gasteiger partial charge in [0.1, 0.15) is 18.0 Å². The van der Waals surface area contributed by atoms with E-state index in [0.29, 0.717) is 6.04 Å². The molecule has 1 atom stereocenters. The lowest BCUT2D eigenvalue weighted by atomic mass is 10.1. The van der Waals surface area contributed by atoms with E-state index in [-0.39, 0.29) is 5.54 Å². The number of nitrogens with one attached hydrogen (secondary N) is 3. The van der Waals surface area contributed by atoms with E-state index < -0.39 is 0 Å². The molecule has 0 spiro atoms. The van der Waals surface area contributed by atoms with Crippen molar-refractivity contribution in [2.45, 2.75) is 51.6 Å². The van der Waals surface area contributed by atoms with Crippen LogP contribution in [0.15, 0.2) is 12.4 Å². The molecule has 1 unspecified atom stereocenters. The maximum absolute atomic E-state index is 4.26. The lowest BCUT2D eigenvalue weighted by Crippen LogP contribution is -2.39. The molecule has 1 fully saturated rings. The van der Waals surface area contributed by atoms with E-state index in [0.717, 1.165) is 24.7 Å². The Morgan fingerprint density at radius 3 is 2.74 bits per heavy atom. The number of aromatic nitrogens is 2. The summed E-state index contributed by atoms with van der Waals surface area (Å²) in [5, 5.41) is 10.3. The number of rotatable bonds is 4. The Hall–Kier alpha value is -1.36. The minimum atomic E-state index is 0.0105. The third kappa shape index (κ3) is 5.03. The second kappa shape index (κ2) is 6.19. The Morgan fingerprint density at radius 1 is 1.26 bits per heavy atom. The summed E-state index contributed by atoms with van der Waals surface area (Å²) in [4.78, 5) is 8.51. The maximum atomic E-state index is 4.26. The van der Waals surface area contributed by atoms with E-state index >= 15 is 0 Å². The first-order valence-corrected chi connectivity index (χ1v) is 7.10. The molecule has 1 aromatic heterocycles. The lowest BCUT2D eigenvalue weighted by molar-refractivity contribution is 0.414. The van der Waals surface area contributed by atoms with Crippen molar-refractivity contribution < 1.29 is 0 Å². The van der Waals surface area contributed by atoms with Crippen molar-refractivity contribution in [3.05, 3.63) is 12.4 Å². The van der Waals surface area contributed by atoms with E-state index in [1.807, 2.05) is 6.07 Å². The van der Waals surface area contributed by atoms with Gasteiger partial charge in [0.25, 0.3) is 0 Å². The number of anilines is 2. The fraction of sp³-hybridized carbons (Fsp3) is 0.714. The van der Waals surface area contributed by atoms with Gasteiger partial charge < -0.3 is 16.0 Å². The van der Waals surface area contributed by atoms with Gasteiger partial charge in [-0.2, -0.15) is 0 Å².